The molecule has 0 spiro atoms. The van der Waals surface area contributed by atoms with Gasteiger partial charge in [-0.1, -0.05) is 17.7 Å². The van der Waals surface area contributed by atoms with Crippen molar-refractivity contribution in [3.8, 4) is 0 Å². The van der Waals surface area contributed by atoms with Crippen molar-refractivity contribution in [2.75, 3.05) is 12.0 Å². The number of para-hydroxylation sites is 1. The van der Waals surface area contributed by atoms with Gasteiger partial charge in [0.15, 0.2) is 0 Å². The quantitative estimate of drug-likeness (QED) is 0.800. The number of aromatic nitrogens is 2. The Kier molecular flexibility index (Phi) is 4.54. The monoisotopic (exact) mass is 318 g/mol. The van der Waals surface area contributed by atoms with Gasteiger partial charge in [-0.2, -0.15) is 0 Å². The van der Waals surface area contributed by atoms with Gasteiger partial charge in [0, 0.05) is 28.9 Å². The number of halogens is 2. The molecule has 0 radical (unpaired) electrons. The minimum atomic E-state index is -0.875. The van der Waals surface area contributed by atoms with E-state index in [1.54, 1.807) is 6.26 Å². The summed E-state index contributed by atoms with van der Waals surface area (Å²) in [6.45, 7) is 3.90. The van der Waals surface area contributed by atoms with Crippen LogP contribution in [0.2, 0.25) is 5.02 Å². The molecule has 1 aromatic carbocycles. The van der Waals surface area contributed by atoms with Gasteiger partial charge in [0.1, 0.15) is 11.3 Å². The van der Waals surface area contributed by atoms with Crippen LogP contribution in [0, 0.1) is 0 Å². The number of hydrogen-bond donors (Lipinski definition) is 0. The van der Waals surface area contributed by atoms with Gasteiger partial charge in [0.25, 0.3) is 0 Å². The van der Waals surface area contributed by atoms with Crippen molar-refractivity contribution in [2.24, 2.45) is 0 Å². The molecule has 3 unspecified atom stereocenters. The first kappa shape index (κ1) is 14.8. The first-order valence-corrected chi connectivity index (χ1v) is 8.56. The Bertz CT molecular complexity index is 624. The van der Waals surface area contributed by atoms with E-state index in [0.717, 1.165) is 16.9 Å². The van der Waals surface area contributed by atoms with Crippen molar-refractivity contribution in [1.82, 2.24) is 9.55 Å². The third kappa shape index (κ3) is 2.96. The predicted octanol–water partition coefficient (Wildman–Crippen LogP) is 3.93. The molecule has 1 heterocycles. The van der Waals surface area contributed by atoms with Crippen LogP contribution in [0.3, 0.4) is 0 Å². The summed E-state index contributed by atoms with van der Waals surface area (Å²) in [5, 5.41) is 0.385. The molecule has 0 bridgehead atoms. The van der Waals surface area contributed by atoms with Crippen LogP contribution in [0.25, 0.3) is 11.0 Å². The zero-order valence-electron chi connectivity index (χ0n) is 11.1. The molecule has 19 heavy (non-hydrogen) atoms. The smallest absolute Gasteiger partial charge is 0.128 e. The highest BCUT2D eigenvalue weighted by molar-refractivity contribution is 7.84. The van der Waals surface area contributed by atoms with Crippen molar-refractivity contribution in [3.63, 3.8) is 0 Å². The molecule has 3 atom stereocenters. The van der Waals surface area contributed by atoms with Crippen LogP contribution < -0.4 is 0 Å². The van der Waals surface area contributed by atoms with Gasteiger partial charge in [-0.05, 0) is 26.0 Å². The highest BCUT2D eigenvalue weighted by atomic mass is 35.5. The summed E-state index contributed by atoms with van der Waals surface area (Å²) < 4.78 is 13.5. The summed E-state index contributed by atoms with van der Waals surface area (Å²) >= 11 is 12.4. The highest BCUT2D eigenvalue weighted by Gasteiger charge is 2.20. The third-order valence-electron chi connectivity index (χ3n) is 2.97. The van der Waals surface area contributed by atoms with Crippen molar-refractivity contribution in [3.05, 3.63) is 29.0 Å². The molecular weight excluding hydrogens is 303 g/mol. The molecule has 0 saturated heterocycles. The van der Waals surface area contributed by atoms with E-state index >= 15 is 0 Å². The number of rotatable bonds is 4. The van der Waals surface area contributed by atoms with E-state index in [1.165, 1.54) is 0 Å². The lowest BCUT2D eigenvalue weighted by atomic mass is 10.3. The van der Waals surface area contributed by atoms with E-state index in [2.05, 4.69) is 4.98 Å². The molecule has 0 N–H and O–H groups in total. The van der Waals surface area contributed by atoms with Gasteiger partial charge in [0.2, 0.25) is 0 Å². The SMILES string of the molecule is CC(Cl)c1nc2c(Cl)cccc2n1C(C)CS(C)=O. The average molecular weight is 319 g/mol. The summed E-state index contributed by atoms with van der Waals surface area (Å²) in [5.74, 6) is 1.33. The average Bonchev–Trinajstić information content (AvgIpc) is 2.69. The fourth-order valence-corrected chi connectivity index (χ4v) is 3.45. The van der Waals surface area contributed by atoms with Crippen LogP contribution >= 0.6 is 23.2 Å². The maximum absolute atomic E-state index is 11.5. The number of benzene rings is 1. The van der Waals surface area contributed by atoms with E-state index in [4.69, 9.17) is 23.2 Å². The second-order valence-electron chi connectivity index (χ2n) is 4.65. The lowest BCUT2D eigenvalue weighted by Crippen LogP contribution is -2.15. The fourth-order valence-electron chi connectivity index (χ4n) is 2.26. The lowest BCUT2D eigenvalue weighted by Gasteiger charge is -2.17. The van der Waals surface area contributed by atoms with Gasteiger partial charge >= 0.3 is 0 Å². The Morgan fingerprint density at radius 2 is 2.11 bits per heavy atom. The number of hydrogen-bond acceptors (Lipinski definition) is 2. The first-order valence-electron chi connectivity index (χ1n) is 6.02. The van der Waals surface area contributed by atoms with E-state index < -0.39 is 10.8 Å². The molecule has 0 saturated carbocycles. The standard InChI is InChI=1S/C13H16Cl2N2OS/c1-8(7-19(3)18)17-11-6-4-5-10(15)12(11)16-13(17)9(2)14/h4-6,8-9H,7H2,1-3H3. The second-order valence-corrected chi connectivity index (χ2v) is 7.19. The molecule has 0 aliphatic heterocycles. The maximum atomic E-state index is 11.5. The first-order chi connectivity index (χ1) is 8.91. The zero-order chi connectivity index (χ0) is 14.2. The molecule has 6 heteroatoms. The summed E-state index contributed by atoms with van der Waals surface area (Å²) in [6.07, 6.45) is 1.70. The molecular formula is C13H16Cl2N2OS. The van der Waals surface area contributed by atoms with Crippen LogP contribution in [0.5, 0.6) is 0 Å². The Morgan fingerprint density at radius 3 is 2.68 bits per heavy atom. The number of alkyl halides is 1. The van der Waals surface area contributed by atoms with Crippen molar-refractivity contribution < 1.29 is 4.21 Å². The molecule has 0 aliphatic carbocycles. The van der Waals surface area contributed by atoms with Crippen LogP contribution in [0.15, 0.2) is 18.2 Å². The molecule has 3 nitrogen and oxygen atoms in total. The molecule has 0 aliphatic rings. The highest BCUT2D eigenvalue weighted by Crippen LogP contribution is 2.31. The van der Waals surface area contributed by atoms with Gasteiger partial charge in [-0.3, -0.25) is 4.21 Å². The fraction of sp³-hybridized carbons (Fsp3) is 0.462. The largest absolute Gasteiger partial charge is 0.323 e. The molecule has 2 rings (SSSR count). The summed E-state index contributed by atoms with van der Waals surface area (Å²) in [7, 11) is -0.875. The number of nitrogens with zero attached hydrogens (tertiary/aromatic N) is 2. The third-order valence-corrected chi connectivity index (χ3v) is 4.42. The van der Waals surface area contributed by atoms with Crippen molar-refractivity contribution >= 4 is 45.0 Å². The molecule has 0 fully saturated rings. The van der Waals surface area contributed by atoms with Crippen molar-refractivity contribution in [2.45, 2.75) is 25.3 Å². The van der Waals surface area contributed by atoms with Gasteiger partial charge < -0.3 is 4.57 Å². The molecule has 2 aromatic rings. The number of imidazole rings is 1. The minimum absolute atomic E-state index is 0.0606. The summed E-state index contributed by atoms with van der Waals surface area (Å²) in [4.78, 5) is 4.54. The Morgan fingerprint density at radius 1 is 1.42 bits per heavy atom. The van der Waals surface area contributed by atoms with E-state index in [-0.39, 0.29) is 11.4 Å². The van der Waals surface area contributed by atoms with Crippen LogP contribution in [0.1, 0.15) is 31.1 Å². The molecule has 104 valence electrons. The Hall–Kier alpha value is -0.580. The van der Waals surface area contributed by atoms with Crippen LogP contribution in [-0.4, -0.2) is 25.8 Å². The lowest BCUT2D eigenvalue weighted by molar-refractivity contribution is 0.583. The number of fused-ring (bicyclic) bond motifs is 1. The van der Waals surface area contributed by atoms with E-state index in [0.29, 0.717) is 10.8 Å². The topological polar surface area (TPSA) is 34.9 Å². The molecule has 0 amide bonds. The van der Waals surface area contributed by atoms with E-state index in [9.17, 15) is 4.21 Å². The normalized spacial score (nSPS) is 16.5. The van der Waals surface area contributed by atoms with Gasteiger partial charge in [0.05, 0.1) is 15.9 Å². The summed E-state index contributed by atoms with van der Waals surface area (Å²) in [6, 6.07) is 5.73. The molecule has 1 aromatic heterocycles. The van der Waals surface area contributed by atoms with Crippen LogP contribution in [-0.2, 0) is 10.8 Å². The van der Waals surface area contributed by atoms with E-state index in [1.807, 2.05) is 36.6 Å². The van der Waals surface area contributed by atoms with Crippen LogP contribution in [0.4, 0.5) is 0 Å². The predicted molar refractivity (Wildman–Crippen MR) is 82.7 cm³/mol. The second kappa shape index (κ2) is 5.81. The summed E-state index contributed by atoms with van der Waals surface area (Å²) in [5.41, 5.74) is 1.69. The zero-order valence-corrected chi connectivity index (χ0v) is 13.4. The Labute approximate surface area is 125 Å². The van der Waals surface area contributed by atoms with Gasteiger partial charge in [-0.25, -0.2) is 4.98 Å². The van der Waals surface area contributed by atoms with Crippen molar-refractivity contribution in [1.29, 1.82) is 0 Å². The van der Waals surface area contributed by atoms with Gasteiger partial charge in [-0.15, -0.1) is 11.6 Å². The Balaban J connectivity index is 2.65. The maximum Gasteiger partial charge on any atom is 0.128 e. The minimum Gasteiger partial charge on any atom is -0.323 e.